The molecule has 3 saturated heterocycles. The van der Waals surface area contributed by atoms with Crippen LogP contribution < -0.4 is 0 Å². The molecule has 0 aromatic heterocycles. The van der Waals surface area contributed by atoms with Gasteiger partial charge >= 0.3 is 5.97 Å². The molecule has 4 saturated carbocycles. The SMILES string of the molecule is CC1O[C@@H](O[C@H]2CC[C@@]3(C)[C@H](CC[C@@H]4[C@@H]3C[C@@H](O)[C@]3(C)[C@@H](C5=CC(=O)OC5Cc5ccccc5O)CC[C@]43O)C2)C[C@@H](O)C1O[C@H]1C[C@H]2OC(c3ccccc3)OC2C(C)O1. The van der Waals surface area contributed by atoms with Gasteiger partial charge in [0.25, 0.3) is 0 Å². The number of phenolic OH excluding ortho intramolecular Hbond substituents is 1. The average molecular weight is 845 g/mol. The van der Waals surface area contributed by atoms with Gasteiger partial charge in [-0.15, -0.1) is 0 Å². The van der Waals surface area contributed by atoms with Crippen molar-refractivity contribution in [2.75, 3.05) is 0 Å². The monoisotopic (exact) mass is 844 g/mol. The lowest BCUT2D eigenvalue weighted by molar-refractivity contribution is -0.313. The van der Waals surface area contributed by atoms with E-state index in [1.54, 1.807) is 18.2 Å². The lowest BCUT2D eigenvalue weighted by atomic mass is 9.42. The van der Waals surface area contributed by atoms with Gasteiger partial charge in [-0.05, 0) is 112 Å². The summed E-state index contributed by atoms with van der Waals surface area (Å²) in [4.78, 5) is 12.8. The number of phenols is 1. The number of hydrogen-bond acceptors (Lipinski definition) is 12. The van der Waals surface area contributed by atoms with Crippen molar-refractivity contribution in [1.82, 2.24) is 0 Å². The molecular formula is C49H64O12. The van der Waals surface area contributed by atoms with Crippen LogP contribution in [-0.2, 0) is 44.4 Å². The number of benzene rings is 2. The third kappa shape index (κ3) is 7.11. The summed E-state index contributed by atoms with van der Waals surface area (Å²) >= 11 is 0. The number of fused-ring (bicyclic) bond motifs is 6. The molecule has 19 atom stereocenters. The van der Waals surface area contributed by atoms with Gasteiger partial charge in [0.05, 0.1) is 42.2 Å². The van der Waals surface area contributed by atoms with Gasteiger partial charge in [0.2, 0.25) is 0 Å². The first-order valence-electron chi connectivity index (χ1n) is 23.0. The zero-order valence-corrected chi connectivity index (χ0v) is 35.8. The Balaban J connectivity index is 0.755. The average Bonchev–Trinajstić information content (AvgIpc) is 3.91. The molecule has 12 heteroatoms. The second kappa shape index (κ2) is 16.0. The van der Waals surface area contributed by atoms with Gasteiger partial charge in [-0.25, -0.2) is 4.79 Å². The molecule has 12 nitrogen and oxygen atoms in total. The molecule has 4 aliphatic carbocycles. The van der Waals surface area contributed by atoms with Crippen molar-refractivity contribution in [3.05, 3.63) is 77.4 Å². The normalized spacial score (nSPS) is 48.0. The van der Waals surface area contributed by atoms with Crippen LogP contribution in [0.2, 0.25) is 0 Å². The van der Waals surface area contributed by atoms with Crippen molar-refractivity contribution in [3.63, 3.8) is 0 Å². The van der Waals surface area contributed by atoms with E-state index in [0.29, 0.717) is 50.0 Å². The first kappa shape index (κ1) is 42.1. The molecule has 0 bridgehead atoms. The van der Waals surface area contributed by atoms with Crippen molar-refractivity contribution >= 4 is 5.97 Å². The molecule has 332 valence electrons. The highest BCUT2D eigenvalue weighted by molar-refractivity contribution is 5.86. The summed E-state index contributed by atoms with van der Waals surface area (Å²) in [5.74, 6) is 0.0510. The Morgan fingerprint density at radius 3 is 2.33 bits per heavy atom. The van der Waals surface area contributed by atoms with Crippen molar-refractivity contribution in [2.45, 2.75) is 178 Å². The lowest BCUT2D eigenvalue weighted by Crippen LogP contribution is -2.67. The minimum absolute atomic E-state index is 0.0227. The Kier molecular flexibility index (Phi) is 11.0. The fraction of sp³-hybridized carbons (Fsp3) is 0.694. The maximum atomic E-state index is 13.0. The number of ether oxygens (including phenoxy) is 7. The molecule has 0 amide bonds. The molecule has 0 radical (unpaired) electrons. The van der Waals surface area contributed by atoms with Gasteiger partial charge in [0.15, 0.2) is 18.9 Å². The van der Waals surface area contributed by atoms with Crippen LogP contribution in [0.15, 0.2) is 66.2 Å². The Labute approximate surface area is 358 Å². The minimum atomic E-state index is -1.10. The van der Waals surface area contributed by atoms with Crippen LogP contribution in [0.1, 0.15) is 109 Å². The van der Waals surface area contributed by atoms with E-state index in [1.165, 1.54) is 0 Å². The van der Waals surface area contributed by atoms with Gasteiger partial charge in [0.1, 0.15) is 24.1 Å². The van der Waals surface area contributed by atoms with Gasteiger partial charge < -0.3 is 53.6 Å². The molecule has 10 rings (SSSR count). The second-order valence-electron chi connectivity index (χ2n) is 20.2. The number of carbonyl (C=O) groups excluding carboxylic acids is 1. The van der Waals surface area contributed by atoms with Crippen molar-refractivity contribution in [1.29, 1.82) is 0 Å². The molecule has 4 aliphatic heterocycles. The molecule has 8 aliphatic rings. The highest BCUT2D eigenvalue weighted by Crippen LogP contribution is 2.70. The van der Waals surface area contributed by atoms with Gasteiger partial charge in [-0.2, -0.15) is 0 Å². The minimum Gasteiger partial charge on any atom is -0.508 e. The fourth-order valence-corrected chi connectivity index (χ4v) is 13.9. The topological polar surface area (TPSA) is 163 Å². The largest absolute Gasteiger partial charge is 0.508 e. The van der Waals surface area contributed by atoms with E-state index in [4.69, 9.17) is 33.2 Å². The Bertz CT molecular complexity index is 1950. The molecule has 6 unspecified atom stereocenters. The third-order valence-electron chi connectivity index (χ3n) is 17.2. The summed E-state index contributed by atoms with van der Waals surface area (Å²) in [6.07, 6.45) is 3.56. The first-order valence-corrected chi connectivity index (χ1v) is 23.0. The van der Waals surface area contributed by atoms with E-state index in [2.05, 4.69) is 6.92 Å². The standard InChI is InChI=1S/C49H64O12/c1-26-44(60-43-25-39-45(27(2)56-43)61-46(59-39)28-10-6-5-7-11-28)37(51)24-42(55-26)57-31-16-18-47(3)30(21-31)14-15-34-35(47)23-40(52)48(4)33(17-19-49(34,48)54)32-22-41(53)58-38(32)20-29-12-8-9-13-36(29)50/h5-13,22,26-27,30-31,33-35,37-40,42-46,50-52,54H,14-21,23-25H2,1-4H3/t26?,27?,30-,31+,33-,34-,35+,37-,38?,39-,40-,42+,43+,44?,45?,46?,47+,48+,49+/m1/s1. The van der Waals surface area contributed by atoms with Gasteiger partial charge in [0, 0.05) is 36.3 Å². The predicted molar refractivity (Wildman–Crippen MR) is 220 cm³/mol. The number of rotatable bonds is 8. The number of carbonyl (C=O) groups is 1. The summed E-state index contributed by atoms with van der Waals surface area (Å²) in [6.45, 7) is 8.30. The van der Waals surface area contributed by atoms with E-state index >= 15 is 0 Å². The van der Waals surface area contributed by atoms with Crippen LogP contribution in [0.25, 0.3) is 0 Å². The Hall–Kier alpha value is -2.91. The number of aliphatic hydroxyl groups excluding tert-OH is 2. The van der Waals surface area contributed by atoms with Crippen molar-refractivity contribution in [2.24, 2.45) is 34.5 Å². The van der Waals surface area contributed by atoms with E-state index in [9.17, 15) is 25.2 Å². The van der Waals surface area contributed by atoms with Crippen LogP contribution in [0.3, 0.4) is 0 Å². The molecule has 0 spiro atoms. The van der Waals surface area contributed by atoms with Gasteiger partial charge in [-0.3, -0.25) is 0 Å². The van der Waals surface area contributed by atoms with Crippen molar-refractivity contribution < 1.29 is 58.4 Å². The lowest BCUT2D eigenvalue weighted by Gasteiger charge is -2.65. The number of hydrogen-bond donors (Lipinski definition) is 4. The predicted octanol–water partition coefficient (Wildman–Crippen LogP) is 6.42. The molecular weight excluding hydrogens is 781 g/mol. The van der Waals surface area contributed by atoms with Gasteiger partial charge in [-0.1, -0.05) is 62.4 Å². The smallest absolute Gasteiger partial charge is 0.331 e. The first-order chi connectivity index (χ1) is 29.2. The third-order valence-corrected chi connectivity index (χ3v) is 17.2. The van der Waals surface area contributed by atoms with Crippen molar-refractivity contribution in [3.8, 4) is 5.75 Å². The summed E-state index contributed by atoms with van der Waals surface area (Å²) in [5.41, 5.74) is 0.466. The highest BCUT2D eigenvalue weighted by atomic mass is 16.8. The molecule has 2 aromatic rings. The van der Waals surface area contributed by atoms with E-state index in [1.807, 2.05) is 63.2 Å². The van der Waals surface area contributed by atoms with E-state index < -0.39 is 66.4 Å². The zero-order chi connectivity index (χ0) is 42.4. The van der Waals surface area contributed by atoms with E-state index in [0.717, 1.165) is 43.2 Å². The summed E-state index contributed by atoms with van der Waals surface area (Å²) in [5, 5.41) is 47.2. The Morgan fingerprint density at radius 2 is 1.54 bits per heavy atom. The number of para-hydroxylation sites is 1. The summed E-state index contributed by atoms with van der Waals surface area (Å²) < 4.78 is 44.1. The molecule has 4 N–H and O–H groups in total. The zero-order valence-electron chi connectivity index (χ0n) is 35.8. The highest BCUT2D eigenvalue weighted by Gasteiger charge is 2.71. The fourth-order valence-electron chi connectivity index (χ4n) is 13.9. The van der Waals surface area contributed by atoms with Crippen LogP contribution in [-0.4, -0.2) is 99.5 Å². The molecule has 7 fully saturated rings. The van der Waals surface area contributed by atoms with Crippen LogP contribution in [0.4, 0.5) is 0 Å². The number of cyclic esters (lactones) is 1. The Morgan fingerprint density at radius 1 is 0.787 bits per heavy atom. The number of aliphatic hydroxyl groups is 3. The summed E-state index contributed by atoms with van der Waals surface area (Å²) in [6, 6.07) is 17.0. The molecule has 61 heavy (non-hydrogen) atoms. The van der Waals surface area contributed by atoms with Crippen LogP contribution in [0, 0.1) is 34.5 Å². The quantitative estimate of drug-likeness (QED) is 0.171. The molecule has 4 heterocycles. The van der Waals surface area contributed by atoms with Crippen LogP contribution in [0.5, 0.6) is 5.75 Å². The van der Waals surface area contributed by atoms with Crippen LogP contribution >= 0.6 is 0 Å². The second-order valence-corrected chi connectivity index (χ2v) is 20.2. The maximum absolute atomic E-state index is 13.0. The van der Waals surface area contributed by atoms with E-state index in [-0.39, 0.29) is 53.3 Å². The molecule has 2 aromatic carbocycles. The summed E-state index contributed by atoms with van der Waals surface area (Å²) in [7, 11) is 0. The number of aromatic hydroxyl groups is 1. The maximum Gasteiger partial charge on any atom is 0.331 e. The number of esters is 1.